The molecule has 0 saturated heterocycles. The number of nitrogens with zero attached hydrogens (tertiary/aromatic N) is 1. The first-order valence-electron chi connectivity index (χ1n) is 5.71. The van der Waals surface area contributed by atoms with Gasteiger partial charge in [-0.3, -0.25) is 0 Å². The summed E-state index contributed by atoms with van der Waals surface area (Å²) in [6.45, 7) is 4.23. The van der Waals surface area contributed by atoms with Crippen LogP contribution in [0.25, 0.3) is 0 Å². The second-order valence-electron chi connectivity index (χ2n) is 3.96. The summed E-state index contributed by atoms with van der Waals surface area (Å²) in [5.74, 6) is 0.157. The summed E-state index contributed by atoms with van der Waals surface area (Å²) in [5.41, 5.74) is 1.50. The maximum absolute atomic E-state index is 13.8. The summed E-state index contributed by atoms with van der Waals surface area (Å²) < 4.78 is 13.8. The lowest BCUT2D eigenvalue weighted by molar-refractivity contribution is 0.564. The number of benzene rings is 1. The zero-order valence-corrected chi connectivity index (χ0v) is 10.9. The minimum absolute atomic E-state index is 0.187. The van der Waals surface area contributed by atoms with E-state index in [9.17, 15) is 4.39 Å². The van der Waals surface area contributed by atoms with Gasteiger partial charge in [0.1, 0.15) is 5.82 Å². The van der Waals surface area contributed by atoms with Gasteiger partial charge >= 0.3 is 0 Å². The maximum Gasteiger partial charge on any atom is 0.146 e. The van der Waals surface area contributed by atoms with E-state index in [4.69, 9.17) is 11.6 Å². The van der Waals surface area contributed by atoms with E-state index in [1.807, 2.05) is 18.0 Å². The van der Waals surface area contributed by atoms with Gasteiger partial charge in [-0.1, -0.05) is 26.0 Å². The van der Waals surface area contributed by atoms with Crippen molar-refractivity contribution in [3.63, 3.8) is 0 Å². The Hall–Kier alpha value is -0.760. The van der Waals surface area contributed by atoms with Gasteiger partial charge < -0.3 is 4.90 Å². The lowest BCUT2D eigenvalue weighted by Crippen LogP contribution is -2.31. The molecule has 0 saturated carbocycles. The largest absolute Gasteiger partial charge is 0.369 e. The van der Waals surface area contributed by atoms with Gasteiger partial charge in [0, 0.05) is 19.0 Å². The Labute approximate surface area is 102 Å². The van der Waals surface area contributed by atoms with Crippen LogP contribution >= 0.6 is 11.6 Å². The lowest BCUT2D eigenvalue weighted by atomic mass is 10.1. The van der Waals surface area contributed by atoms with E-state index in [2.05, 4.69) is 13.8 Å². The van der Waals surface area contributed by atoms with Crippen LogP contribution in [0.15, 0.2) is 18.2 Å². The Morgan fingerprint density at radius 1 is 1.31 bits per heavy atom. The summed E-state index contributed by atoms with van der Waals surface area (Å²) in [7, 11) is 1.94. The standard InChI is InChI=1S/C13H19ClFN/c1-4-11(5-2)16(3)13-10(9-14)7-6-8-12(13)15/h6-8,11H,4-5,9H2,1-3H3. The minimum atomic E-state index is -0.187. The third-order valence-electron chi connectivity index (χ3n) is 3.06. The van der Waals surface area contributed by atoms with E-state index < -0.39 is 0 Å². The molecule has 0 bridgehead atoms. The number of hydrogen-bond donors (Lipinski definition) is 0. The van der Waals surface area contributed by atoms with Crippen molar-refractivity contribution in [3.8, 4) is 0 Å². The molecule has 0 fully saturated rings. The second-order valence-corrected chi connectivity index (χ2v) is 4.23. The van der Waals surface area contributed by atoms with Gasteiger partial charge in [-0.25, -0.2) is 4.39 Å². The highest BCUT2D eigenvalue weighted by Crippen LogP contribution is 2.27. The SMILES string of the molecule is CCC(CC)N(C)c1c(F)cccc1CCl. The van der Waals surface area contributed by atoms with Crippen LogP contribution in [0.2, 0.25) is 0 Å². The quantitative estimate of drug-likeness (QED) is 0.701. The molecule has 0 unspecified atom stereocenters. The number of anilines is 1. The molecule has 0 heterocycles. The molecule has 0 spiro atoms. The molecular formula is C13H19ClFN. The molecule has 0 aromatic heterocycles. The van der Waals surface area contributed by atoms with Gasteiger partial charge in [0.25, 0.3) is 0 Å². The molecule has 1 rings (SSSR count). The average Bonchev–Trinajstić information content (AvgIpc) is 2.29. The summed E-state index contributed by atoms with van der Waals surface area (Å²) >= 11 is 5.85. The number of para-hydroxylation sites is 1. The fourth-order valence-corrected chi connectivity index (χ4v) is 2.30. The van der Waals surface area contributed by atoms with Crippen molar-refractivity contribution < 1.29 is 4.39 Å². The van der Waals surface area contributed by atoms with E-state index in [0.717, 1.165) is 18.4 Å². The van der Waals surface area contributed by atoms with Crippen molar-refractivity contribution >= 4 is 17.3 Å². The predicted molar refractivity (Wildman–Crippen MR) is 68.7 cm³/mol. The highest BCUT2D eigenvalue weighted by atomic mass is 35.5. The number of hydrogen-bond acceptors (Lipinski definition) is 1. The summed E-state index contributed by atoms with van der Waals surface area (Å²) in [4.78, 5) is 2.01. The molecule has 3 heteroatoms. The number of halogens is 2. The first-order valence-corrected chi connectivity index (χ1v) is 6.25. The molecule has 90 valence electrons. The van der Waals surface area contributed by atoms with Crippen LogP contribution in [0.3, 0.4) is 0 Å². The van der Waals surface area contributed by atoms with Gasteiger partial charge in [0.2, 0.25) is 0 Å². The first-order chi connectivity index (χ1) is 7.65. The normalized spacial score (nSPS) is 10.9. The van der Waals surface area contributed by atoms with Crippen molar-refractivity contribution in [2.45, 2.75) is 38.6 Å². The van der Waals surface area contributed by atoms with Crippen LogP contribution in [0.5, 0.6) is 0 Å². The Balaban J connectivity index is 3.10. The molecule has 0 aliphatic heterocycles. The van der Waals surface area contributed by atoms with Gasteiger partial charge in [0.15, 0.2) is 0 Å². The zero-order valence-electron chi connectivity index (χ0n) is 10.1. The van der Waals surface area contributed by atoms with Crippen molar-refractivity contribution in [1.82, 2.24) is 0 Å². The Morgan fingerprint density at radius 3 is 2.44 bits per heavy atom. The molecule has 0 aliphatic rings. The van der Waals surface area contributed by atoms with Crippen LogP contribution in [0.4, 0.5) is 10.1 Å². The molecule has 0 amide bonds. The zero-order chi connectivity index (χ0) is 12.1. The molecule has 0 N–H and O–H groups in total. The smallest absolute Gasteiger partial charge is 0.146 e. The highest BCUT2D eigenvalue weighted by molar-refractivity contribution is 6.17. The monoisotopic (exact) mass is 243 g/mol. The van der Waals surface area contributed by atoms with Gasteiger partial charge in [-0.15, -0.1) is 11.6 Å². The highest BCUT2D eigenvalue weighted by Gasteiger charge is 2.17. The Bertz CT molecular complexity index is 337. The summed E-state index contributed by atoms with van der Waals surface area (Å²) in [6.07, 6.45) is 2.01. The van der Waals surface area contributed by atoms with Crippen LogP contribution in [0, 0.1) is 5.82 Å². The van der Waals surface area contributed by atoms with Crippen molar-refractivity contribution in [3.05, 3.63) is 29.6 Å². The first kappa shape index (κ1) is 13.3. The van der Waals surface area contributed by atoms with Gasteiger partial charge in [-0.2, -0.15) is 0 Å². The van der Waals surface area contributed by atoms with Crippen LogP contribution in [-0.4, -0.2) is 13.1 Å². The molecule has 1 aromatic carbocycles. The molecule has 0 radical (unpaired) electrons. The molecule has 16 heavy (non-hydrogen) atoms. The third-order valence-corrected chi connectivity index (χ3v) is 3.35. The number of rotatable bonds is 5. The van der Waals surface area contributed by atoms with E-state index >= 15 is 0 Å². The Morgan fingerprint density at radius 2 is 1.94 bits per heavy atom. The summed E-state index contributed by atoms with van der Waals surface area (Å²) in [5, 5.41) is 0. The van der Waals surface area contributed by atoms with Crippen LogP contribution < -0.4 is 4.90 Å². The minimum Gasteiger partial charge on any atom is -0.369 e. The van der Waals surface area contributed by atoms with E-state index in [1.54, 1.807) is 6.07 Å². The average molecular weight is 244 g/mol. The summed E-state index contributed by atoms with van der Waals surface area (Å²) in [6, 6.07) is 5.44. The fourth-order valence-electron chi connectivity index (χ4n) is 2.08. The van der Waals surface area contributed by atoms with Crippen molar-refractivity contribution in [2.24, 2.45) is 0 Å². The van der Waals surface area contributed by atoms with Gasteiger partial charge in [0.05, 0.1) is 5.69 Å². The molecular weight excluding hydrogens is 225 g/mol. The fraction of sp³-hybridized carbons (Fsp3) is 0.538. The second kappa shape index (κ2) is 6.09. The van der Waals surface area contributed by atoms with Crippen LogP contribution in [-0.2, 0) is 5.88 Å². The molecule has 0 atom stereocenters. The van der Waals surface area contributed by atoms with Gasteiger partial charge in [-0.05, 0) is 24.5 Å². The van der Waals surface area contributed by atoms with E-state index in [0.29, 0.717) is 17.6 Å². The van der Waals surface area contributed by atoms with Crippen molar-refractivity contribution in [2.75, 3.05) is 11.9 Å². The van der Waals surface area contributed by atoms with E-state index in [-0.39, 0.29) is 5.82 Å². The third kappa shape index (κ3) is 2.67. The lowest BCUT2D eigenvalue weighted by Gasteiger charge is -2.30. The predicted octanol–water partition coefficient (Wildman–Crippen LogP) is 4.19. The van der Waals surface area contributed by atoms with E-state index in [1.165, 1.54) is 6.07 Å². The Kier molecular flexibility index (Phi) is 5.07. The van der Waals surface area contributed by atoms with Crippen LogP contribution in [0.1, 0.15) is 32.3 Å². The number of alkyl halides is 1. The molecule has 1 aromatic rings. The topological polar surface area (TPSA) is 3.24 Å². The van der Waals surface area contributed by atoms with Crippen molar-refractivity contribution in [1.29, 1.82) is 0 Å². The maximum atomic E-state index is 13.8. The molecule has 0 aliphatic carbocycles. The molecule has 1 nitrogen and oxygen atoms in total.